The highest BCUT2D eigenvalue weighted by Crippen LogP contribution is 2.22. The normalized spacial score (nSPS) is 9.81. The Hall–Kier alpha value is -2.35. The van der Waals surface area contributed by atoms with Gasteiger partial charge in [0.25, 0.3) is 0 Å². The monoisotopic (exact) mass is 214 g/mol. The van der Waals surface area contributed by atoms with Crippen LogP contribution < -0.4 is 10.1 Å². The van der Waals surface area contributed by atoms with Gasteiger partial charge in [0, 0.05) is 11.5 Å². The van der Waals surface area contributed by atoms with E-state index in [4.69, 9.17) is 10.00 Å². The van der Waals surface area contributed by atoms with Crippen molar-refractivity contribution in [1.29, 1.82) is 5.26 Å². The summed E-state index contributed by atoms with van der Waals surface area (Å²) in [6, 6.07) is 5.57. The van der Waals surface area contributed by atoms with Crippen LogP contribution in [0.4, 0.5) is 5.95 Å². The van der Waals surface area contributed by atoms with Crippen molar-refractivity contribution >= 4 is 16.9 Å². The van der Waals surface area contributed by atoms with Crippen molar-refractivity contribution < 1.29 is 4.74 Å². The fourth-order valence-electron chi connectivity index (χ4n) is 1.50. The van der Waals surface area contributed by atoms with Gasteiger partial charge in [-0.2, -0.15) is 5.26 Å². The van der Waals surface area contributed by atoms with Crippen LogP contribution in [-0.4, -0.2) is 17.1 Å². The lowest BCUT2D eigenvalue weighted by atomic mass is 10.2. The van der Waals surface area contributed by atoms with E-state index >= 15 is 0 Å². The zero-order chi connectivity index (χ0) is 11.5. The highest BCUT2D eigenvalue weighted by molar-refractivity contribution is 5.83. The molecule has 0 aliphatic heterocycles. The number of nitriles is 1. The lowest BCUT2D eigenvalue weighted by Crippen LogP contribution is -1.98. The SMILES string of the molecule is COc1ccc2c(C)nc(NC#N)nc2c1. The molecule has 0 fully saturated rings. The molecule has 1 heterocycles. The third-order valence-electron chi connectivity index (χ3n) is 2.26. The molecule has 0 spiro atoms. The molecule has 0 aliphatic rings. The number of aryl methyl sites for hydroxylation is 1. The minimum atomic E-state index is 0.306. The number of nitrogens with one attached hydrogen (secondary N) is 1. The highest BCUT2D eigenvalue weighted by Gasteiger charge is 2.05. The maximum Gasteiger partial charge on any atom is 0.236 e. The van der Waals surface area contributed by atoms with Gasteiger partial charge >= 0.3 is 0 Å². The Kier molecular flexibility index (Phi) is 2.56. The standard InChI is InChI=1S/C11H10N4O/c1-7-9-4-3-8(16-2)5-10(9)15-11(14-7)13-6-12/h3-5H,1-2H3,(H,13,14,15). The summed E-state index contributed by atoms with van der Waals surface area (Å²) in [4.78, 5) is 8.37. The summed E-state index contributed by atoms with van der Waals surface area (Å²) in [5.74, 6) is 1.04. The lowest BCUT2D eigenvalue weighted by Gasteiger charge is -2.05. The van der Waals surface area contributed by atoms with Crippen molar-refractivity contribution in [2.45, 2.75) is 6.92 Å². The van der Waals surface area contributed by atoms with Gasteiger partial charge in [0.05, 0.1) is 18.3 Å². The summed E-state index contributed by atoms with van der Waals surface area (Å²) in [5.41, 5.74) is 1.58. The van der Waals surface area contributed by atoms with E-state index in [2.05, 4.69) is 15.3 Å². The summed E-state index contributed by atoms with van der Waals surface area (Å²) in [5, 5.41) is 11.9. The molecule has 5 heteroatoms. The molecule has 0 aliphatic carbocycles. The van der Waals surface area contributed by atoms with E-state index < -0.39 is 0 Å². The van der Waals surface area contributed by atoms with Gasteiger partial charge in [-0.15, -0.1) is 0 Å². The second-order valence-electron chi connectivity index (χ2n) is 3.25. The molecule has 2 aromatic rings. The van der Waals surface area contributed by atoms with Gasteiger partial charge in [0.2, 0.25) is 5.95 Å². The van der Waals surface area contributed by atoms with Crippen molar-refractivity contribution in [2.24, 2.45) is 0 Å². The van der Waals surface area contributed by atoms with Gasteiger partial charge in [-0.25, -0.2) is 9.97 Å². The number of rotatable bonds is 2. The van der Waals surface area contributed by atoms with Gasteiger partial charge in [-0.05, 0) is 19.1 Å². The number of hydrogen-bond acceptors (Lipinski definition) is 5. The Balaban J connectivity index is 2.64. The number of fused-ring (bicyclic) bond motifs is 1. The summed E-state index contributed by atoms with van der Waals surface area (Å²) >= 11 is 0. The third-order valence-corrected chi connectivity index (χ3v) is 2.26. The van der Waals surface area contributed by atoms with Crippen LogP contribution in [0.15, 0.2) is 18.2 Å². The number of hydrogen-bond donors (Lipinski definition) is 1. The fraction of sp³-hybridized carbons (Fsp3) is 0.182. The van der Waals surface area contributed by atoms with E-state index in [0.29, 0.717) is 5.95 Å². The number of nitrogens with zero attached hydrogens (tertiary/aromatic N) is 3. The Morgan fingerprint density at radius 2 is 2.19 bits per heavy atom. The first-order chi connectivity index (χ1) is 7.74. The zero-order valence-corrected chi connectivity index (χ0v) is 8.98. The number of aromatic nitrogens is 2. The first-order valence-corrected chi connectivity index (χ1v) is 4.72. The largest absolute Gasteiger partial charge is 0.497 e. The predicted molar refractivity (Wildman–Crippen MR) is 60.1 cm³/mol. The van der Waals surface area contributed by atoms with Crippen LogP contribution >= 0.6 is 0 Å². The van der Waals surface area contributed by atoms with Gasteiger partial charge in [0.1, 0.15) is 5.75 Å². The van der Waals surface area contributed by atoms with Crippen LogP contribution in [0, 0.1) is 18.4 Å². The third kappa shape index (κ3) is 1.73. The molecule has 0 radical (unpaired) electrons. The molecular weight excluding hydrogens is 204 g/mol. The van der Waals surface area contributed by atoms with Crippen LogP contribution in [0.1, 0.15) is 5.69 Å². The number of methoxy groups -OCH3 is 1. The zero-order valence-electron chi connectivity index (χ0n) is 8.98. The average molecular weight is 214 g/mol. The summed E-state index contributed by atoms with van der Waals surface area (Å²) in [7, 11) is 1.60. The van der Waals surface area contributed by atoms with E-state index in [-0.39, 0.29) is 0 Å². The Morgan fingerprint density at radius 1 is 1.38 bits per heavy atom. The lowest BCUT2D eigenvalue weighted by molar-refractivity contribution is 0.415. The molecule has 0 unspecified atom stereocenters. The van der Waals surface area contributed by atoms with Crippen molar-refractivity contribution in [1.82, 2.24) is 9.97 Å². The Labute approximate surface area is 92.7 Å². The predicted octanol–water partition coefficient (Wildman–Crippen LogP) is 1.84. The van der Waals surface area contributed by atoms with Gasteiger partial charge in [-0.3, -0.25) is 5.32 Å². The Bertz CT molecular complexity index is 574. The number of benzene rings is 1. The van der Waals surface area contributed by atoms with Crippen LogP contribution in [0.2, 0.25) is 0 Å². The number of anilines is 1. The Morgan fingerprint density at radius 3 is 2.88 bits per heavy atom. The van der Waals surface area contributed by atoms with Crippen LogP contribution in [0.25, 0.3) is 10.9 Å². The molecular formula is C11H10N4O. The van der Waals surface area contributed by atoms with E-state index in [1.54, 1.807) is 13.3 Å². The van der Waals surface area contributed by atoms with Crippen molar-refractivity contribution in [3.63, 3.8) is 0 Å². The molecule has 0 amide bonds. The van der Waals surface area contributed by atoms with Gasteiger partial charge in [-0.1, -0.05) is 0 Å². The van der Waals surface area contributed by atoms with Crippen molar-refractivity contribution in [3.05, 3.63) is 23.9 Å². The summed E-state index contributed by atoms with van der Waals surface area (Å²) in [6.45, 7) is 1.87. The van der Waals surface area contributed by atoms with E-state index in [9.17, 15) is 0 Å². The molecule has 0 atom stereocenters. The molecule has 1 aromatic heterocycles. The quantitative estimate of drug-likeness (QED) is 0.610. The van der Waals surface area contributed by atoms with E-state index in [1.807, 2.05) is 25.1 Å². The molecule has 16 heavy (non-hydrogen) atoms. The summed E-state index contributed by atoms with van der Waals surface area (Å²) in [6.07, 6.45) is 1.80. The highest BCUT2D eigenvalue weighted by atomic mass is 16.5. The van der Waals surface area contributed by atoms with Crippen LogP contribution in [0.3, 0.4) is 0 Å². The molecule has 80 valence electrons. The second-order valence-corrected chi connectivity index (χ2v) is 3.25. The molecule has 5 nitrogen and oxygen atoms in total. The maximum absolute atomic E-state index is 8.52. The first kappa shape index (κ1) is 10.2. The average Bonchev–Trinajstić information content (AvgIpc) is 2.28. The van der Waals surface area contributed by atoms with Crippen molar-refractivity contribution in [2.75, 3.05) is 12.4 Å². The van der Waals surface area contributed by atoms with E-state index in [0.717, 1.165) is 22.3 Å². The second kappa shape index (κ2) is 4.03. The molecule has 2 rings (SSSR count). The molecule has 1 N–H and O–H groups in total. The minimum absolute atomic E-state index is 0.306. The molecule has 0 bridgehead atoms. The fourth-order valence-corrected chi connectivity index (χ4v) is 1.50. The molecule has 0 saturated heterocycles. The topological polar surface area (TPSA) is 70.8 Å². The number of ether oxygens (including phenoxy) is 1. The molecule has 0 saturated carbocycles. The van der Waals surface area contributed by atoms with Gasteiger partial charge in [0.15, 0.2) is 6.19 Å². The van der Waals surface area contributed by atoms with E-state index in [1.165, 1.54) is 0 Å². The van der Waals surface area contributed by atoms with Gasteiger partial charge < -0.3 is 4.74 Å². The maximum atomic E-state index is 8.52. The summed E-state index contributed by atoms with van der Waals surface area (Å²) < 4.78 is 5.12. The van der Waals surface area contributed by atoms with Crippen LogP contribution in [-0.2, 0) is 0 Å². The minimum Gasteiger partial charge on any atom is -0.497 e. The first-order valence-electron chi connectivity index (χ1n) is 4.72. The van der Waals surface area contributed by atoms with Crippen LogP contribution in [0.5, 0.6) is 5.75 Å². The smallest absolute Gasteiger partial charge is 0.236 e. The van der Waals surface area contributed by atoms with Crippen molar-refractivity contribution in [3.8, 4) is 11.9 Å². The molecule has 1 aromatic carbocycles.